The largest absolute Gasteiger partial charge is 0.341 e. The van der Waals surface area contributed by atoms with Gasteiger partial charge in [-0.15, -0.1) is 0 Å². The highest BCUT2D eigenvalue weighted by Gasteiger charge is 2.30. The van der Waals surface area contributed by atoms with Gasteiger partial charge in [-0.1, -0.05) is 11.6 Å². The molecule has 0 N–H and O–H groups in total. The highest BCUT2D eigenvalue weighted by molar-refractivity contribution is 6.31. The lowest BCUT2D eigenvalue weighted by molar-refractivity contribution is -0.133. The summed E-state index contributed by atoms with van der Waals surface area (Å²) in [5.74, 6) is 0.875. The molecule has 6 heteroatoms. The molecule has 0 bridgehead atoms. The van der Waals surface area contributed by atoms with Crippen molar-refractivity contribution in [1.29, 1.82) is 0 Å². The molecule has 1 aromatic rings. The SMILES string of the molecule is Cc1nn(CC(=O)N2CCC([C@@H](C)N3CCCC3)CC2)c(C)c1Cl. The van der Waals surface area contributed by atoms with Crippen LogP contribution in [0.4, 0.5) is 0 Å². The molecule has 2 fully saturated rings. The maximum Gasteiger partial charge on any atom is 0.244 e. The molecule has 0 aromatic carbocycles. The predicted octanol–water partition coefficient (Wildman–Crippen LogP) is 2.88. The number of hydrogen-bond acceptors (Lipinski definition) is 3. The van der Waals surface area contributed by atoms with Crippen molar-refractivity contribution in [1.82, 2.24) is 19.6 Å². The van der Waals surface area contributed by atoms with Crippen LogP contribution in [0.3, 0.4) is 0 Å². The summed E-state index contributed by atoms with van der Waals surface area (Å²) in [7, 11) is 0. The smallest absolute Gasteiger partial charge is 0.244 e. The van der Waals surface area contributed by atoms with E-state index in [9.17, 15) is 4.79 Å². The fourth-order valence-electron chi connectivity index (χ4n) is 4.14. The number of piperidine rings is 1. The third-order valence-electron chi connectivity index (χ3n) is 5.87. The maximum absolute atomic E-state index is 12.6. The van der Waals surface area contributed by atoms with E-state index in [4.69, 9.17) is 11.6 Å². The van der Waals surface area contributed by atoms with E-state index < -0.39 is 0 Å². The van der Waals surface area contributed by atoms with Crippen LogP contribution in [0.5, 0.6) is 0 Å². The highest BCUT2D eigenvalue weighted by atomic mass is 35.5. The summed E-state index contributed by atoms with van der Waals surface area (Å²) in [6.07, 6.45) is 4.91. The molecular weight excluding hydrogens is 324 g/mol. The minimum atomic E-state index is 0.157. The molecule has 3 rings (SSSR count). The molecule has 1 atom stereocenters. The van der Waals surface area contributed by atoms with Crippen LogP contribution in [-0.2, 0) is 11.3 Å². The second-order valence-electron chi connectivity index (χ2n) is 7.34. The van der Waals surface area contributed by atoms with Gasteiger partial charge in [0.1, 0.15) is 6.54 Å². The topological polar surface area (TPSA) is 41.4 Å². The Kier molecular flexibility index (Phi) is 5.50. The lowest BCUT2D eigenvalue weighted by Gasteiger charge is -2.38. The van der Waals surface area contributed by atoms with Gasteiger partial charge in [0.15, 0.2) is 0 Å². The molecule has 5 nitrogen and oxygen atoms in total. The van der Waals surface area contributed by atoms with E-state index in [1.807, 2.05) is 18.7 Å². The summed E-state index contributed by atoms with van der Waals surface area (Å²) in [5.41, 5.74) is 1.67. The summed E-state index contributed by atoms with van der Waals surface area (Å²) >= 11 is 6.17. The summed E-state index contributed by atoms with van der Waals surface area (Å²) in [4.78, 5) is 17.2. The van der Waals surface area contributed by atoms with Crippen molar-refractivity contribution in [3.05, 3.63) is 16.4 Å². The first-order chi connectivity index (χ1) is 11.5. The lowest BCUT2D eigenvalue weighted by atomic mass is 9.89. The number of likely N-dealkylation sites (tertiary alicyclic amines) is 2. The van der Waals surface area contributed by atoms with E-state index in [1.54, 1.807) is 4.68 Å². The third-order valence-corrected chi connectivity index (χ3v) is 6.42. The van der Waals surface area contributed by atoms with Gasteiger partial charge in [-0.05, 0) is 65.5 Å². The molecule has 2 aliphatic heterocycles. The number of carbonyl (C=O) groups excluding carboxylic acids is 1. The number of aryl methyl sites for hydroxylation is 1. The number of amides is 1. The standard InChI is InChI=1S/C18H29ClN4O/c1-13-18(19)15(3)23(20-13)12-17(24)22-10-6-16(7-11-22)14(2)21-8-4-5-9-21/h14,16H,4-12H2,1-3H3/t14-/m1/s1. The molecule has 0 aliphatic carbocycles. The zero-order chi connectivity index (χ0) is 17.3. The van der Waals surface area contributed by atoms with Crippen LogP contribution in [0.1, 0.15) is 44.0 Å². The Hall–Kier alpha value is -1.07. The van der Waals surface area contributed by atoms with Crippen LogP contribution in [0.25, 0.3) is 0 Å². The van der Waals surface area contributed by atoms with Crippen LogP contribution < -0.4 is 0 Å². The maximum atomic E-state index is 12.6. The second kappa shape index (κ2) is 7.44. The number of nitrogens with zero attached hydrogens (tertiary/aromatic N) is 4. The van der Waals surface area contributed by atoms with Gasteiger partial charge in [0, 0.05) is 19.1 Å². The van der Waals surface area contributed by atoms with Crippen LogP contribution in [-0.4, -0.2) is 57.7 Å². The summed E-state index contributed by atoms with van der Waals surface area (Å²) in [5, 5.41) is 5.04. The van der Waals surface area contributed by atoms with Crippen LogP contribution >= 0.6 is 11.6 Å². The molecule has 3 heterocycles. The van der Waals surface area contributed by atoms with Gasteiger partial charge in [-0.3, -0.25) is 9.48 Å². The fraction of sp³-hybridized carbons (Fsp3) is 0.778. The Morgan fingerprint density at radius 2 is 1.83 bits per heavy atom. The van der Waals surface area contributed by atoms with Crippen molar-refractivity contribution >= 4 is 17.5 Å². The lowest BCUT2D eigenvalue weighted by Crippen LogP contribution is -2.45. The van der Waals surface area contributed by atoms with E-state index in [0.29, 0.717) is 17.6 Å². The molecule has 1 aromatic heterocycles. The highest BCUT2D eigenvalue weighted by Crippen LogP contribution is 2.26. The molecular formula is C18H29ClN4O. The Bertz CT molecular complexity index is 586. The number of rotatable bonds is 4. The number of carbonyl (C=O) groups is 1. The van der Waals surface area contributed by atoms with Gasteiger partial charge in [-0.25, -0.2) is 0 Å². The first-order valence-corrected chi connectivity index (χ1v) is 9.56. The van der Waals surface area contributed by atoms with Gasteiger partial charge in [0.2, 0.25) is 5.91 Å². The molecule has 1 amide bonds. The average Bonchev–Trinajstić information content (AvgIpc) is 3.20. The molecule has 0 saturated carbocycles. The number of hydrogen-bond donors (Lipinski definition) is 0. The molecule has 0 radical (unpaired) electrons. The van der Waals surface area contributed by atoms with E-state index in [0.717, 1.165) is 43.2 Å². The van der Waals surface area contributed by atoms with Crippen molar-refractivity contribution in [2.45, 2.75) is 59.0 Å². The Morgan fingerprint density at radius 3 is 2.38 bits per heavy atom. The summed E-state index contributed by atoms with van der Waals surface area (Å²) in [6, 6.07) is 0.652. The quantitative estimate of drug-likeness (QED) is 0.836. The first-order valence-electron chi connectivity index (χ1n) is 9.18. The summed E-state index contributed by atoms with van der Waals surface area (Å²) < 4.78 is 1.74. The van der Waals surface area contributed by atoms with E-state index in [1.165, 1.54) is 25.9 Å². The van der Waals surface area contributed by atoms with Crippen molar-refractivity contribution in [2.75, 3.05) is 26.2 Å². The van der Waals surface area contributed by atoms with Crippen LogP contribution in [0.15, 0.2) is 0 Å². The van der Waals surface area contributed by atoms with Crippen molar-refractivity contribution in [3.8, 4) is 0 Å². The van der Waals surface area contributed by atoms with Crippen LogP contribution in [0, 0.1) is 19.8 Å². The van der Waals surface area contributed by atoms with Crippen molar-refractivity contribution in [2.24, 2.45) is 5.92 Å². The molecule has 2 saturated heterocycles. The van der Waals surface area contributed by atoms with Crippen molar-refractivity contribution in [3.63, 3.8) is 0 Å². The summed E-state index contributed by atoms with van der Waals surface area (Å²) in [6.45, 7) is 10.7. The van der Waals surface area contributed by atoms with Gasteiger partial charge in [0.05, 0.1) is 16.4 Å². The monoisotopic (exact) mass is 352 g/mol. The minimum absolute atomic E-state index is 0.157. The first kappa shape index (κ1) is 17.7. The van der Waals surface area contributed by atoms with E-state index in [-0.39, 0.29) is 5.91 Å². The zero-order valence-corrected chi connectivity index (χ0v) is 15.8. The zero-order valence-electron chi connectivity index (χ0n) is 15.1. The number of aromatic nitrogens is 2. The van der Waals surface area contributed by atoms with Crippen LogP contribution in [0.2, 0.25) is 5.02 Å². The molecule has 0 unspecified atom stereocenters. The Labute approximate surface area is 149 Å². The molecule has 134 valence electrons. The van der Waals surface area contributed by atoms with Gasteiger partial charge >= 0.3 is 0 Å². The van der Waals surface area contributed by atoms with Gasteiger partial charge < -0.3 is 9.80 Å². The van der Waals surface area contributed by atoms with Crippen molar-refractivity contribution < 1.29 is 4.79 Å². The minimum Gasteiger partial charge on any atom is -0.341 e. The Morgan fingerprint density at radius 1 is 1.21 bits per heavy atom. The molecule has 0 spiro atoms. The third kappa shape index (κ3) is 3.62. The second-order valence-corrected chi connectivity index (χ2v) is 7.72. The average molecular weight is 353 g/mol. The van der Waals surface area contributed by atoms with Gasteiger partial charge in [0.25, 0.3) is 0 Å². The Balaban J connectivity index is 1.52. The van der Waals surface area contributed by atoms with Gasteiger partial charge in [-0.2, -0.15) is 5.10 Å². The number of halogens is 1. The van der Waals surface area contributed by atoms with E-state index in [2.05, 4.69) is 16.9 Å². The normalized spacial score (nSPS) is 21.4. The fourth-order valence-corrected chi connectivity index (χ4v) is 4.27. The molecule has 24 heavy (non-hydrogen) atoms. The molecule has 2 aliphatic rings. The predicted molar refractivity (Wildman–Crippen MR) is 96.3 cm³/mol. The van der Waals surface area contributed by atoms with E-state index >= 15 is 0 Å².